The van der Waals surface area contributed by atoms with Crippen molar-refractivity contribution in [2.45, 2.75) is 31.2 Å². The zero-order valence-electron chi connectivity index (χ0n) is 9.51. The van der Waals surface area contributed by atoms with Crippen LogP contribution < -0.4 is 16.6 Å². The molecule has 0 aliphatic rings. The van der Waals surface area contributed by atoms with Crippen molar-refractivity contribution in [3.63, 3.8) is 0 Å². The number of carboxylic acids is 1. The molecule has 3 atom stereocenters. The molecular weight excluding hydrogens is 198 g/mol. The molecule has 0 aromatic rings. The van der Waals surface area contributed by atoms with Gasteiger partial charge in [-0.2, -0.15) is 0 Å². The van der Waals surface area contributed by atoms with Gasteiger partial charge in [-0.05, 0) is 6.42 Å². The Morgan fingerprint density at radius 3 is 2.13 bits per heavy atom. The molecule has 0 radical (unpaired) electrons. The summed E-state index contributed by atoms with van der Waals surface area (Å²) in [5.41, 5.74) is 11.0. The van der Waals surface area contributed by atoms with Gasteiger partial charge in [0.1, 0.15) is 6.17 Å². The van der Waals surface area contributed by atoms with Gasteiger partial charge >= 0.3 is 0 Å². The second kappa shape index (κ2) is 5.41. The third kappa shape index (κ3) is 5.08. The van der Waals surface area contributed by atoms with E-state index in [1.165, 1.54) is 0 Å². The van der Waals surface area contributed by atoms with Crippen LogP contribution in [0, 0.1) is 0 Å². The van der Waals surface area contributed by atoms with Crippen LogP contribution in [0.1, 0.15) is 12.8 Å². The van der Waals surface area contributed by atoms with E-state index in [4.69, 9.17) is 11.5 Å². The standard InChI is InChI=1S/C9H21N3O3/c1-12(2,3)7(10)5-4-6(13)8(11)9(14)15/h6-8,13H,4-5,10-11H2,1-3H3/t6?,7?,8-/m0/s1. The number of aliphatic hydroxyl groups excluding tert-OH is 1. The van der Waals surface area contributed by atoms with E-state index in [1.54, 1.807) is 0 Å². The Balaban J connectivity index is 4.01. The largest absolute Gasteiger partial charge is 0.548 e. The molecule has 6 heteroatoms. The number of hydrogen-bond donors (Lipinski definition) is 3. The average Bonchev–Trinajstić information content (AvgIpc) is 2.10. The van der Waals surface area contributed by atoms with Crippen LogP contribution in [0.2, 0.25) is 0 Å². The van der Waals surface area contributed by atoms with Gasteiger partial charge in [-0.15, -0.1) is 0 Å². The molecule has 5 N–H and O–H groups in total. The average molecular weight is 219 g/mol. The Bertz CT molecular complexity index is 215. The Hall–Kier alpha value is -0.690. The number of nitrogens with zero attached hydrogens (tertiary/aromatic N) is 1. The van der Waals surface area contributed by atoms with Gasteiger partial charge in [-0.1, -0.05) is 0 Å². The smallest absolute Gasteiger partial charge is 0.139 e. The number of aliphatic hydroxyl groups is 1. The predicted octanol–water partition coefficient (Wildman–Crippen LogP) is -2.80. The monoisotopic (exact) mass is 219 g/mol. The number of carbonyl (C=O) groups is 1. The van der Waals surface area contributed by atoms with Crippen molar-refractivity contribution in [3.05, 3.63) is 0 Å². The number of quaternary nitrogens is 1. The summed E-state index contributed by atoms with van der Waals surface area (Å²) >= 11 is 0. The lowest BCUT2D eigenvalue weighted by molar-refractivity contribution is -0.896. The van der Waals surface area contributed by atoms with Crippen LogP contribution in [0.3, 0.4) is 0 Å². The highest BCUT2D eigenvalue weighted by atomic mass is 16.4. The number of hydrogen-bond acceptors (Lipinski definition) is 5. The lowest BCUT2D eigenvalue weighted by atomic mass is 10.1. The van der Waals surface area contributed by atoms with Crippen LogP contribution >= 0.6 is 0 Å². The Morgan fingerprint density at radius 2 is 1.80 bits per heavy atom. The summed E-state index contributed by atoms with van der Waals surface area (Å²) in [6.07, 6.45) is -0.501. The first kappa shape index (κ1) is 14.3. The molecule has 6 nitrogen and oxygen atoms in total. The van der Waals surface area contributed by atoms with Crippen molar-refractivity contribution in [2.24, 2.45) is 11.5 Å². The fourth-order valence-electron chi connectivity index (χ4n) is 1.07. The van der Waals surface area contributed by atoms with Crippen LogP contribution in [0.4, 0.5) is 0 Å². The van der Waals surface area contributed by atoms with E-state index in [-0.39, 0.29) is 12.6 Å². The molecule has 0 saturated carbocycles. The third-order valence-electron chi connectivity index (χ3n) is 2.44. The van der Waals surface area contributed by atoms with Crippen molar-refractivity contribution >= 4 is 5.97 Å². The van der Waals surface area contributed by atoms with Crippen LogP contribution in [0.5, 0.6) is 0 Å². The Morgan fingerprint density at radius 1 is 1.33 bits per heavy atom. The van der Waals surface area contributed by atoms with E-state index in [9.17, 15) is 15.0 Å². The molecule has 0 aliphatic carbocycles. The molecule has 0 aromatic heterocycles. The SMILES string of the molecule is C[N+](C)(C)C(N)CCC(O)[C@H](N)C(=O)[O-]. The molecule has 0 fully saturated rings. The van der Waals surface area contributed by atoms with Gasteiger partial charge in [0.05, 0.1) is 39.3 Å². The maximum Gasteiger partial charge on any atom is 0.139 e. The molecule has 0 aromatic carbocycles. The number of nitrogens with two attached hydrogens (primary N) is 2. The van der Waals surface area contributed by atoms with Crippen LogP contribution in [-0.2, 0) is 4.79 Å². The third-order valence-corrected chi connectivity index (χ3v) is 2.44. The van der Waals surface area contributed by atoms with Crippen LogP contribution in [0.25, 0.3) is 0 Å². The number of aliphatic carboxylic acids is 1. The van der Waals surface area contributed by atoms with Crippen molar-refractivity contribution in [2.75, 3.05) is 21.1 Å². The fourth-order valence-corrected chi connectivity index (χ4v) is 1.07. The van der Waals surface area contributed by atoms with Gasteiger partial charge in [0.15, 0.2) is 0 Å². The van der Waals surface area contributed by atoms with E-state index >= 15 is 0 Å². The number of carbonyl (C=O) groups excluding carboxylic acids is 1. The van der Waals surface area contributed by atoms with E-state index in [0.717, 1.165) is 0 Å². The summed E-state index contributed by atoms with van der Waals surface area (Å²) in [7, 11) is 5.78. The lowest BCUT2D eigenvalue weighted by Gasteiger charge is -2.32. The molecule has 2 unspecified atom stereocenters. The molecule has 0 aliphatic heterocycles. The van der Waals surface area contributed by atoms with Gasteiger partial charge in [0, 0.05) is 6.42 Å². The summed E-state index contributed by atoms with van der Waals surface area (Å²) in [5.74, 6) is -1.44. The maximum absolute atomic E-state index is 10.4. The maximum atomic E-state index is 10.4. The van der Waals surface area contributed by atoms with Gasteiger partial charge in [0.2, 0.25) is 0 Å². The van der Waals surface area contributed by atoms with Crippen LogP contribution in [0.15, 0.2) is 0 Å². The molecule has 0 heterocycles. The number of rotatable bonds is 6. The van der Waals surface area contributed by atoms with Crippen molar-refractivity contribution in [3.8, 4) is 0 Å². The molecule has 0 rings (SSSR count). The highest BCUT2D eigenvalue weighted by molar-refractivity contribution is 5.71. The van der Waals surface area contributed by atoms with E-state index < -0.39 is 18.1 Å². The summed E-state index contributed by atoms with van der Waals surface area (Å²) in [6, 6.07) is -1.34. The molecule has 0 spiro atoms. The lowest BCUT2D eigenvalue weighted by Crippen LogP contribution is -2.53. The first-order valence-corrected chi connectivity index (χ1v) is 4.87. The van der Waals surface area contributed by atoms with Crippen LogP contribution in [-0.4, -0.2) is 55.0 Å². The van der Waals surface area contributed by atoms with Gasteiger partial charge in [0.25, 0.3) is 0 Å². The van der Waals surface area contributed by atoms with E-state index in [2.05, 4.69) is 0 Å². The van der Waals surface area contributed by atoms with E-state index in [0.29, 0.717) is 10.9 Å². The van der Waals surface area contributed by atoms with Gasteiger partial charge in [-0.3, -0.25) is 5.73 Å². The summed E-state index contributed by atoms with van der Waals surface area (Å²) in [5, 5.41) is 19.7. The molecule has 0 bridgehead atoms. The molecule has 15 heavy (non-hydrogen) atoms. The second-order valence-corrected chi connectivity index (χ2v) is 4.67. The molecule has 0 amide bonds. The summed E-state index contributed by atoms with van der Waals surface area (Å²) < 4.78 is 0.549. The normalized spacial score (nSPS) is 18.3. The zero-order chi connectivity index (χ0) is 12.2. The van der Waals surface area contributed by atoms with Crippen molar-refractivity contribution in [1.29, 1.82) is 0 Å². The van der Waals surface area contributed by atoms with Crippen molar-refractivity contribution in [1.82, 2.24) is 0 Å². The minimum Gasteiger partial charge on any atom is -0.548 e. The quantitative estimate of drug-likeness (QED) is 0.330. The van der Waals surface area contributed by atoms with E-state index in [1.807, 2.05) is 21.1 Å². The minimum absolute atomic E-state index is 0.159. The Labute approximate surface area is 90.1 Å². The number of carboxylic acid groups (broad SMARTS) is 1. The first-order valence-electron chi connectivity index (χ1n) is 4.87. The summed E-state index contributed by atoms with van der Waals surface area (Å²) in [6.45, 7) is 0. The topological polar surface area (TPSA) is 112 Å². The zero-order valence-corrected chi connectivity index (χ0v) is 9.51. The molecule has 0 saturated heterocycles. The summed E-state index contributed by atoms with van der Waals surface area (Å²) in [4.78, 5) is 10.4. The second-order valence-electron chi connectivity index (χ2n) is 4.67. The fraction of sp³-hybridized carbons (Fsp3) is 0.889. The first-order chi connectivity index (χ1) is 6.66. The highest BCUT2D eigenvalue weighted by Crippen LogP contribution is 2.08. The van der Waals surface area contributed by atoms with Crippen molar-refractivity contribution < 1.29 is 19.5 Å². The van der Waals surface area contributed by atoms with Gasteiger partial charge in [-0.25, -0.2) is 0 Å². The molecule has 90 valence electrons. The Kier molecular flexibility index (Phi) is 5.16. The predicted molar refractivity (Wildman–Crippen MR) is 54.2 cm³/mol. The molecular formula is C9H21N3O3. The highest BCUT2D eigenvalue weighted by Gasteiger charge is 2.22. The minimum atomic E-state index is -1.44. The van der Waals surface area contributed by atoms with Gasteiger partial charge < -0.3 is 25.2 Å².